The van der Waals surface area contributed by atoms with Crippen molar-refractivity contribution in [3.05, 3.63) is 108 Å². The lowest BCUT2D eigenvalue weighted by atomic mass is 9.71. The quantitative estimate of drug-likeness (QED) is 0.482. The zero-order valence-corrected chi connectivity index (χ0v) is 13.0. The molecule has 0 aliphatic rings. The summed E-state index contributed by atoms with van der Waals surface area (Å²) in [7, 11) is 2.82. The van der Waals surface area contributed by atoms with Crippen molar-refractivity contribution in [1.29, 1.82) is 0 Å². The molecule has 3 aromatic carbocycles. The van der Waals surface area contributed by atoms with Crippen LogP contribution >= 0.6 is 8.86 Å². The fourth-order valence-electron chi connectivity index (χ4n) is 2.89. The van der Waals surface area contributed by atoms with Crippen LogP contribution in [0.15, 0.2) is 91.0 Å². The van der Waals surface area contributed by atoms with E-state index < -0.39 is 0 Å². The van der Waals surface area contributed by atoms with E-state index in [-0.39, 0.29) is 5.41 Å². The molecule has 0 aliphatic heterocycles. The third-order valence-electron chi connectivity index (χ3n) is 3.94. The highest BCUT2D eigenvalue weighted by atomic mass is 31.0. The predicted octanol–water partition coefficient (Wildman–Crippen LogP) is 4.70. The maximum absolute atomic E-state index is 2.82. The van der Waals surface area contributed by atoms with Crippen LogP contribution in [-0.4, -0.2) is 5.80 Å². The minimum atomic E-state index is -0.242. The van der Waals surface area contributed by atoms with E-state index >= 15 is 0 Å². The normalized spacial score (nSPS) is 11.0. The Balaban J connectivity index is 2.31. The van der Waals surface area contributed by atoms with Crippen molar-refractivity contribution in [2.24, 2.45) is 0 Å². The Morgan fingerprint density at radius 1 is 0.524 bits per heavy atom. The Morgan fingerprint density at radius 3 is 1.05 bits per heavy atom. The minimum absolute atomic E-state index is 0.242. The lowest BCUT2D eigenvalue weighted by Crippen LogP contribution is -2.30. The summed E-state index contributed by atoms with van der Waals surface area (Å²) in [5.41, 5.74) is 3.58. The summed E-state index contributed by atoms with van der Waals surface area (Å²) in [5.74, 6) is 2.22. The van der Waals surface area contributed by atoms with Gasteiger partial charge in [0.2, 0.25) is 0 Å². The van der Waals surface area contributed by atoms with Gasteiger partial charge in [-0.05, 0) is 16.7 Å². The van der Waals surface area contributed by atoms with E-state index in [1.165, 1.54) is 16.7 Å². The van der Waals surface area contributed by atoms with Gasteiger partial charge in [0.1, 0.15) is 5.41 Å². The van der Waals surface area contributed by atoms with Gasteiger partial charge in [-0.1, -0.05) is 91.0 Å². The van der Waals surface area contributed by atoms with Crippen molar-refractivity contribution < 1.29 is 0 Å². The number of hydrogen-bond donors (Lipinski definition) is 0. The molecule has 102 valence electrons. The summed E-state index contributed by atoms with van der Waals surface area (Å²) < 4.78 is 0. The summed E-state index contributed by atoms with van der Waals surface area (Å²) in [4.78, 5) is 0. The van der Waals surface area contributed by atoms with Crippen molar-refractivity contribution in [1.82, 2.24) is 0 Å². The molecule has 1 unspecified atom stereocenters. The van der Waals surface area contributed by atoms with E-state index in [1.807, 2.05) is 0 Å². The van der Waals surface area contributed by atoms with Gasteiger partial charge in [-0.3, -0.25) is 0 Å². The van der Waals surface area contributed by atoms with Gasteiger partial charge in [0, 0.05) is 0 Å². The standard InChI is InChI=1S/C20H17P/c21-16-20(17-10-4-1-5-11-17,18-12-6-2-7-13-18)19-14-8-3-9-15-19/h1-16,21H/p+1. The van der Waals surface area contributed by atoms with Crippen LogP contribution in [0.2, 0.25) is 0 Å². The first-order valence-electron chi connectivity index (χ1n) is 7.10. The fourth-order valence-corrected chi connectivity index (χ4v) is 3.47. The molecular formula is C20H18P+. The van der Waals surface area contributed by atoms with Crippen LogP contribution in [0.5, 0.6) is 0 Å². The minimum Gasteiger partial charge on any atom is -0.0622 e. The Labute approximate surface area is 128 Å². The van der Waals surface area contributed by atoms with Gasteiger partial charge in [0.05, 0.1) is 14.7 Å². The molecule has 21 heavy (non-hydrogen) atoms. The molecule has 0 nitrogen and oxygen atoms in total. The van der Waals surface area contributed by atoms with E-state index in [2.05, 4.69) is 106 Å². The van der Waals surface area contributed by atoms with Gasteiger partial charge < -0.3 is 0 Å². The van der Waals surface area contributed by atoms with Crippen molar-refractivity contribution in [3.63, 3.8) is 0 Å². The molecule has 0 saturated heterocycles. The maximum atomic E-state index is 2.82. The summed E-state index contributed by atoms with van der Waals surface area (Å²) in [6, 6.07) is 32.0. The van der Waals surface area contributed by atoms with E-state index in [9.17, 15) is 0 Å². The number of rotatable bonds is 4. The molecule has 3 rings (SSSR count). The molecule has 0 saturated carbocycles. The molecule has 0 aliphatic carbocycles. The Morgan fingerprint density at radius 2 is 0.810 bits per heavy atom. The lowest BCUT2D eigenvalue weighted by molar-refractivity contribution is 0.857. The lowest BCUT2D eigenvalue weighted by Gasteiger charge is -2.30. The zero-order chi connectivity index (χ0) is 14.5. The second kappa shape index (κ2) is 6.08. The average Bonchev–Trinajstić information content (AvgIpc) is 2.59. The first kappa shape index (κ1) is 13.8. The molecule has 0 fully saturated rings. The SMILES string of the molecule is [PH2+]=CC(c1ccccc1)(c1ccccc1)c1ccccc1. The van der Waals surface area contributed by atoms with Gasteiger partial charge >= 0.3 is 0 Å². The van der Waals surface area contributed by atoms with Gasteiger partial charge in [-0.2, -0.15) is 0 Å². The zero-order valence-electron chi connectivity index (χ0n) is 11.8. The van der Waals surface area contributed by atoms with Crippen LogP contribution in [0.25, 0.3) is 0 Å². The molecule has 3 aromatic rings. The van der Waals surface area contributed by atoms with E-state index in [1.54, 1.807) is 0 Å². The summed E-state index contributed by atoms with van der Waals surface area (Å²) in [6.07, 6.45) is 0. The van der Waals surface area contributed by atoms with Gasteiger partial charge in [0.15, 0.2) is 0 Å². The maximum Gasteiger partial charge on any atom is 0.102 e. The molecule has 0 N–H and O–H groups in total. The van der Waals surface area contributed by atoms with Gasteiger partial charge in [0.25, 0.3) is 0 Å². The molecule has 1 heteroatoms. The van der Waals surface area contributed by atoms with Crippen molar-refractivity contribution >= 4 is 14.7 Å². The fraction of sp³-hybridized carbons (Fsp3) is 0.0500. The molecule has 0 amide bonds. The predicted molar refractivity (Wildman–Crippen MR) is 95.0 cm³/mol. The van der Waals surface area contributed by atoms with Crippen LogP contribution in [0, 0.1) is 0 Å². The monoisotopic (exact) mass is 289 g/mol. The second-order valence-electron chi connectivity index (χ2n) is 5.07. The van der Waals surface area contributed by atoms with Crippen molar-refractivity contribution in [2.45, 2.75) is 5.41 Å². The smallest absolute Gasteiger partial charge is 0.0622 e. The van der Waals surface area contributed by atoms with Crippen LogP contribution in [0.1, 0.15) is 16.7 Å². The van der Waals surface area contributed by atoms with Crippen molar-refractivity contribution in [3.8, 4) is 0 Å². The Hall–Kier alpha value is -2.17. The van der Waals surface area contributed by atoms with E-state index in [0.717, 1.165) is 0 Å². The topological polar surface area (TPSA) is 0 Å². The first-order valence-corrected chi connectivity index (χ1v) is 7.77. The highest BCUT2D eigenvalue weighted by Gasteiger charge is 2.35. The molecule has 0 aromatic heterocycles. The van der Waals surface area contributed by atoms with Gasteiger partial charge in [-0.15, -0.1) is 0 Å². The Bertz CT molecular complexity index is 606. The summed E-state index contributed by atoms with van der Waals surface area (Å²) in [6.45, 7) is 0. The molecule has 1 atom stereocenters. The third-order valence-corrected chi connectivity index (χ3v) is 4.44. The molecule has 0 heterocycles. The highest BCUT2D eigenvalue weighted by Crippen LogP contribution is 2.37. The van der Waals surface area contributed by atoms with E-state index in [4.69, 9.17) is 0 Å². The molecule has 0 radical (unpaired) electrons. The number of hydrogen-bond acceptors (Lipinski definition) is 0. The van der Waals surface area contributed by atoms with Crippen LogP contribution in [0.4, 0.5) is 0 Å². The van der Waals surface area contributed by atoms with Crippen LogP contribution < -0.4 is 0 Å². The Kier molecular flexibility index (Phi) is 3.99. The van der Waals surface area contributed by atoms with Crippen LogP contribution in [0.3, 0.4) is 0 Å². The molecule has 0 bridgehead atoms. The van der Waals surface area contributed by atoms with E-state index in [0.29, 0.717) is 0 Å². The first-order chi connectivity index (χ1) is 10.4. The van der Waals surface area contributed by atoms with Crippen LogP contribution in [-0.2, 0) is 5.41 Å². The summed E-state index contributed by atoms with van der Waals surface area (Å²) in [5, 5.41) is 0. The van der Waals surface area contributed by atoms with Crippen molar-refractivity contribution in [2.75, 3.05) is 0 Å². The second-order valence-corrected chi connectivity index (χ2v) is 5.41. The summed E-state index contributed by atoms with van der Waals surface area (Å²) >= 11 is 0. The largest absolute Gasteiger partial charge is 0.102 e. The average molecular weight is 289 g/mol. The highest BCUT2D eigenvalue weighted by molar-refractivity contribution is 7.18. The van der Waals surface area contributed by atoms with Gasteiger partial charge in [-0.25, -0.2) is 0 Å². The molecular weight excluding hydrogens is 271 g/mol. The number of benzene rings is 3. The molecule has 0 spiro atoms. The third kappa shape index (κ3) is 2.44.